The van der Waals surface area contributed by atoms with E-state index in [1.54, 1.807) is 18.2 Å². The van der Waals surface area contributed by atoms with Crippen LogP contribution in [0.5, 0.6) is 5.75 Å². The van der Waals surface area contributed by atoms with E-state index in [9.17, 15) is 13.9 Å². The molecule has 0 aromatic heterocycles. The summed E-state index contributed by atoms with van der Waals surface area (Å²) in [7, 11) is 0. The van der Waals surface area contributed by atoms with E-state index in [4.69, 9.17) is 5.73 Å². The predicted octanol–water partition coefficient (Wildman–Crippen LogP) is 2.47. The Hall–Kier alpha value is -0.870. The van der Waals surface area contributed by atoms with E-state index in [0.29, 0.717) is 5.56 Å². The lowest BCUT2D eigenvalue weighted by molar-refractivity contribution is 0.128. The van der Waals surface area contributed by atoms with Gasteiger partial charge in [-0.25, -0.2) is 8.78 Å². The average Bonchev–Trinajstić information content (AvgIpc) is 2.03. The molecule has 0 amide bonds. The van der Waals surface area contributed by atoms with Crippen LogP contribution >= 0.6 is 12.4 Å². The molecule has 1 atom stereocenters. The van der Waals surface area contributed by atoms with Crippen LogP contribution in [-0.2, 0) is 0 Å². The maximum absolute atomic E-state index is 11.9. The maximum Gasteiger partial charge on any atom is 0.240 e. The van der Waals surface area contributed by atoms with E-state index in [0.717, 1.165) is 0 Å². The third-order valence-corrected chi connectivity index (χ3v) is 1.77. The van der Waals surface area contributed by atoms with E-state index in [1.807, 2.05) is 0 Å². The summed E-state index contributed by atoms with van der Waals surface area (Å²) in [4.78, 5) is 0. The van der Waals surface area contributed by atoms with E-state index in [-0.39, 0.29) is 18.2 Å². The number of hydrogen-bond acceptors (Lipinski definition) is 2. The topological polar surface area (TPSA) is 46.2 Å². The molecule has 0 aliphatic rings. The largest absolute Gasteiger partial charge is 0.508 e. The van der Waals surface area contributed by atoms with Gasteiger partial charge in [0.1, 0.15) is 5.75 Å². The first-order valence-corrected chi connectivity index (χ1v) is 3.93. The monoisotopic (exact) mass is 223 g/mol. The van der Waals surface area contributed by atoms with Crippen molar-refractivity contribution in [2.45, 2.75) is 18.9 Å². The summed E-state index contributed by atoms with van der Waals surface area (Å²) >= 11 is 0. The highest BCUT2D eigenvalue weighted by molar-refractivity contribution is 5.85. The fraction of sp³-hybridized carbons (Fsp3) is 0.333. The summed E-state index contributed by atoms with van der Waals surface area (Å²) in [6.07, 6.45) is -2.88. The molecule has 0 aliphatic carbocycles. The standard InChI is InChI=1S/C9H11F2NO.ClH/c10-9(11)5-7(12)6-3-1-2-4-8(6)13;/h1-4,7,9,13H,5,12H2;1H/t7-;/m0./s1. The predicted molar refractivity (Wildman–Crippen MR) is 52.9 cm³/mol. The normalized spacial score (nSPS) is 12.3. The molecule has 0 aliphatic heterocycles. The first kappa shape index (κ1) is 13.1. The van der Waals surface area contributed by atoms with Crippen LogP contribution in [0, 0.1) is 0 Å². The zero-order valence-corrected chi connectivity index (χ0v) is 8.18. The fourth-order valence-electron chi connectivity index (χ4n) is 1.12. The van der Waals surface area contributed by atoms with Gasteiger partial charge in [-0.2, -0.15) is 0 Å². The highest BCUT2D eigenvalue weighted by atomic mass is 35.5. The number of hydrogen-bond donors (Lipinski definition) is 2. The summed E-state index contributed by atoms with van der Waals surface area (Å²) in [5.74, 6) is -0.0318. The van der Waals surface area contributed by atoms with Gasteiger partial charge in [-0.05, 0) is 6.07 Å². The molecule has 0 unspecified atom stereocenters. The SMILES string of the molecule is Cl.N[C@@H](CC(F)F)c1ccccc1O. The van der Waals surface area contributed by atoms with Crippen molar-refractivity contribution in [1.29, 1.82) is 0 Å². The Labute approximate surface area is 87.1 Å². The smallest absolute Gasteiger partial charge is 0.240 e. The lowest BCUT2D eigenvalue weighted by atomic mass is 10.0. The summed E-state index contributed by atoms with van der Waals surface area (Å²) in [6.45, 7) is 0. The molecule has 3 N–H and O–H groups in total. The first-order chi connectivity index (χ1) is 6.11. The molecule has 0 spiro atoms. The van der Waals surface area contributed by atoms with Gasteiger partial charge in [-0.1, -0.05) is 18.2 Å². The molecule has 0 radical (unpaired) electrons. The quantitative estimate of drug-likeness (QED) is 0.827. The summed E-state index contributed by atoms with van der Waals surface area (Å²) < 4.78 is 23.9. The Bertz CT molecular complexity index is 283. The average molecular weight is 224 g/mol. The van der Waals surface area contributed by atoms with Gasteiger partial charge in [0.15, 0.2) is 0 Å². The van der Waals surface area contributed by atoms with Gasteiger partial charge in [0.2, 0.25) is 6.43 Å². The summed E-state index contributed by atoms with van der Waals surface area (Å²) in [5, 5.41) is 9.27. The first-order valence-electron chi connectivity index (χ1n) is 3.93. The van der Waals surface area contributed by atoms with E-state index in [1.165, 1.54) is 6.07 Å². The van der Waals surface area contributed by atoms with Crippen molar-refractivity contribution in [3.05, 3.63) is 29.8 Å². The highest BCUT2D eigenvalue weighted by Crippen LogP contribution is 2.25. The number of para-hydroxylation sites is 1. The van der Waals surface area contributed by atoms with Crippen LogP contribution in [0.3, 0.4) is 0 Å². The molecule has 0 heterocycles. The fourth-order valence-corrected chi connectivity index (χ4v) is 1.12. The maximum atomic E-state index is 11.9. The van der Waals surface area contributed by atoms with Crippen molar-refractivity contribution in [3.63, 3.8) is 0 Å². The van der Waals surface area contributed by atoms with Crippen molar-refractivity contribution in [2.24, 2.45) is 5.73 Å². The highest BCUT2D eigenvalue weighted by Gasteiger charge is 2.15. The molecule has 1 aromatic carbocycles. The van der Waals surface area contributed by atoms with Crippen molar-refractivity contribution >= 4 is 12.4 Å². The van der Waals surface area contributed by atoms with Crippen molar-refractivity contribution < 1.29 is 13.9 Å². The van der Waals surface area contributed by atoms with E-state index < -0.39 is 18.9 Å². The van der Waals surface area contributed by atoms with Gasteiger partial charge in [0.25, 0.3) is 0 Å². The number of alkyl halides is 2. The Balaban J connectivity index is 0.00000169. The minimum atomic E-state index is -2.45. The molecule has 2 nitrogen and oxygen atoms in total. The zero-order chi connectivity index (χ0) is 9.84. The molecule has 0 fully saturated rings. The van der Waals surface area contributed by atoms with Gasteiger partial charge in [0, 0.05) is 18.0 Å². The van der Waals surface area contributed by atoms with E-state index >= 15 is 0 Å². The second kappa shape index (κ2) is 5.78. The molecule has 5 heteroatoms. The lowest BCUT2D eigenvalue weighted by Crippen LogP contribution is -2.13. The second-order valence-corrected chi connectivity index (χ2v) is 2.79. The minimum Gasteiger partial charge on any atom is -0.508 e. The molecule has 0 bridgehead atoms. The minimum absolute atomic E-state index is 0. The molecule has 80 valence electrons. The lowest BCUT2D eigenvalue weighted by Gasteiger charge is -2.12. The molecular formula is C9H12ClF2NO. The number of phenols is 1. The molecule has 0 saturated carbocycles. The Kier molecular flexibility index (Phi) is 5.42. The van der Waals surface area contributed by atoms with Crippen LogP contribution in [0.15, 0.2) is 24.3 Å². The Morgan fingerprint density at radius 1 is 1.29 bits per heavy atom. The summed E-state index contributed by atoms with van der Waals surface area (Å²) in [5.41, 5.74) is 5.82. The van der Waals surface area contributed by atoms with Crippen LogP contribution in [-0.4, -0.2) is 11.5 Å². The third-order valence-electron chi connectivity index (χ3n) is 1.77. The van der Waals surface area contributed by atoms with Gasteiger partial charge in [0.05, 0.1) is 0 Å². The van der Waals surface area contributed by atoms with Crippen LogP contribution in [0.1, 0.15) is 18.0 Å². The number of benzene rings is 1. The number of rotatable bonds is 3. The van der Waals surface area contributed by atoms with Crippen molar-refractivity contribution in [2.75, 3.05) is 0 Å². The van der Waals surface area contributed by atoms with Crippen LogP contribution in [0.2, 0.25) is 0 Å². The van der Waals surface area contributed by atoms with Crippen molar-refractivity contribution in [3.8, 4) is 5.75 Å². The summed E-state index contributed by atoms with van der Waals surface area (Å²) in [6, 6.07) is 5.44. The molecule has 1 aromatic rings. The number of nitrogens with two attached hydrogens (primary N) is 1. The van der Waals surface area contributed by atoms with Gasteiger partial charge >= 0.3 is 0 Å². The molecule has 0 saturated heterocycles. The molecule has 1 rings (SSSR count). The number of halogens is 3. The molecular weight excluding hydrogens is 212 g/mol. The van der Waals surface area contributed by atoms with Crippen LogP contribution in [0.25, 0.3) is 0 Å². The Morgan fingerprint density at radius 3 is 2.36 bits per heavy atom. The molecule has 14 heavy (non-hydrogen) atoms. The van der Waals surface area contributed by atoms with Crippen molar-refractivity contribution in [1.82, 2.24) is 0 Å². The number of phenolic OH excluding ortho intramolecular Hbond substituents is 1. The van der Waals surface area contributed by atoms with Crippen LogP contribution in [0.4, 0.5) is 8.78 Å². The van der Waals surface area contributed by atoms with E-state index in [2.05, 4.69) is 0 Å². The Morgan fingerprint density at radius 2 is 1.86 bits per heavy atom. The second-order valence-electron chi connectivity index (χ2n) is 2.79. The zero-order valence-electron chi connectivity index (χ0n) is 7.36. The van der Waals surface area contributed by atoms with Gasteiger partial charge < -0.3 is 10.8 Å². The third kappa shape index (κ3) is 3.47. The van der Waals surface area contributed by atoms with Crippen LogP contribution < -0.4 is 5.73 Å². The van der Waals surface area contributed by atoms with Gasteiger partial charge in [-0.15, -0.1) is 12.4 Å². The number of aromatic hydroxyl groups is 1. The van der Waals surface area contributed by atoms with Gasteiger partial charge in [-0.3, -0.25) is 0 Å².